The van der Waals surface area contributed by atoms with Crippen LogP contribution in [0.4, 0.5) is 0 Å². The first-order chi connectivity index (χ1) is 6.29. The van der Waals surface area contributed by atoms with Gasteiger partial charge in [0.25, 0.3) is 0 Å². The molecule has 0 aromatic heterocycles. The molecule has 0 aliphatic carbocycles. The Morgan fingerprint density at radius 3 is 2.43 bits per heavy atom. The zero-order valence-electron chi connectivity index (χ0n) is 9.41. The lowest BCUT2D eigenvalue weighted by atomic mass is 9.97. The largest absolute Gasteiger partial charge is 0.465 e. The van der Waals surface area contributed by atoms with Crippen molar-refractivity contribution >= 4 is 5.97 Å². The molecule has 0 unspecified atom stereocenters. The standard InChI is InChI=1S/C11H20O3/c1-6-9(12)8(2)7-14-10(13)11(3,4)5/h6,8-9,12H,1,7H2,2-5H3/t8-,9-/m0/s1. The minimum absolute atomic E-state index is 0.112. The molecule has 0 radical (unpaired) electrons. The van der Waals surface area contributed by atoms with Crippen LogP contribution in [-0.2, 0) is 9.53 Å². The van der Waals surface area contributed by atoms with Crippen molar-refractivity contribution in [1.29, 1.82) is 0 Å². The average molecular weight is 200 g/mol. The second-order valence-electron chi connectivity index (χ2n) is 4.55. The highest BCUT2D eigenvalue weighted by Crippen LogP contribution is 2.16. The zero-order chi connectivity index (χ0) is 11.4. The number of esters is 1. The van der Waals surface area contributed by atoms with Gasteiger partial charge >= 0.3 is 5.97 Å². The fourth-order valence-corrected chi connectivity index (χ4v) is 0.755. The van der Waals surface area contributed by atoms with E-state index in [1.165, 1.54) is 6.08 Å². The molecular weight excluding hydrogens is 180 g/mol. The third-order valence-corrected chi connectivity index (χ3v) is 1.91. The molecule has 14 heavy (non-hydrogen) atoms. The molecule has 0 rings (SSSR count). The maximum atomic E-state index is 11.4. The predicted molar refractivity (Wildman–Crippen MR) is 55.8 cm³/mol. The van der Waals surface area contributed by atoms with Gasteiger partial charge in [0.1, 0.15) is 0 Å². The summed E-state index contributed by atoms with van der Waals surface area (Å²) >= 11 is 0. The number of hydrogen-bond donors (Lipinski definition) is 1. The molecule has 0 amide bonds. The lowest BCUT2D eigenvalue weighted by Gasteiger charge is -2.20. The van der Waals surface area contributed by atoms with Crippen LogP contribution in [-0.4, -0.2) is 23.8 Å². The van der Waals surface area contributed by atoms with Gasteiger partial charge in [0.2, 0.25) is 0 Å². The summed E-state index contributed by atoms with van der Waals surface area (Å²) in [6, 6.07) is 0. The first-order valence-corrected chi connectivity index (χ1v) is 4.77. The number of rotatable bonds is 4. The van der Waals surface area contributed by atoms with Crippen LogP contribution >= 0.6 is 0 Å². The van der Waals surface area contributed by atoms with E-state index in [4.69, 9.17) is 4.74 Å². The topological polar surface area (TPSA) is 46.5 Å². The minimum Gasteiger partial charge on any atom is -0.465 e. The van der Waals surface area contributed by atoms with Gasteiger partial charge < -0.3 is 9.84 Å². The number of carbonyl (C=O) groups is 1. The fourth-order valence-electron chi connectivity index (χ4n) is 0.755. The van der Waals surface area contributed by atoms with Crippen LogP contribution in [0.1, 0.15) is 27.7 Å². The van der Waals surface area contributed by atoms with E-state index in [2.05, 4.69) is 6.58 Å². The van der Waals surface area contributed by atoms with E-state index in [-0.39, 0.29) is 18.5 Å². The van der Waals surface area contributed by atoms with Crippen molar-refractivity contribution in [1.82, 2.24) is 0 Å². The molecule has 0 heterocycles. The van der Waals surface area contributed by atoms with Crippen LogP contribution in [0.2, 0.25) is 0 Å². The molecule has 0 saturated carbocycles. The Morgan fingerprint density at radius 1 is 1.57 bits per heavy atom. The maximum absolute atomic E-state index is 11.4. The first kappa shape index (κ1) is 13.2. The molecule has 0 spiro atoms. The molecule has 1 N–H and O–H groups in total. The Bertz CT molecular complexity index is 203. The number of ether oxygens (including phenoxy) is 1. The van der Waals surface area contributed by atoms with Crippen molar-refractivity contribution in [2.45, 2.75) is 33.8 Å². The van der Waals surface area contributed by atoms with Crippen molar-refractivity contribution in [2.75, 3.05) is 6.61 Å². The zero-order valence-corrected chi connectivity index (χ0v) is 9.41. The van der Waals surface area contributed by atoms with Crippen molar-refractivity contribution in [3.05, 3.63) is 12.7 Å². The molecule has 3 heteroatoms. The van der Waals surface area contributed by atoms with Crippen LogP contribution in [0.25, 0.3) is 0 Å². The van der Waals surface area contributed by atoms with Gasteiger partial charge in [-0.15, -0.1) is 6.58 Å². The van der Waals surface area contributed by atoms with Crippen molar-refractivity contribution in [3.63, 3.8) is 0 Å². The summed E-state index contributed by atoms with van der Waals surface area (Å²) in [4.78, 5) is 11.4. The summed E-state index contributed by atoms with van der Waals surface area (Å²) in [5.74, 6) is -0.362. The highest BCUT2D eigenvalue weighted by molar-refractivity contribution is 5.75. The van der Waals surface area contributed by atoms with Crippen LogP contribution in [0.3, 0.4) is 0 Å². The Balaban J connectivity index is 3.95. The number of hydrogen-bond acceptors (Lipinski definition) is 3. The van der Waals surface area contributed by atoms with Gasteiger partial charge in [-0.2, -0.15) is 0 Å². The first-order valence-electron chi connectivity index (χ1n) is 4.77. The molecule has 0 aliphatic rings. The Hall–Kier alpha value is -0.830. The normalized spacial score (nSPS) is 15.8. The summed E-state index contributed by atoms with van der Waals surface area (Å²) in [5.41, 5.74) is -0.487. The Morgan fingerprint density at radius 2 is 2.07 bits per heavy atom. The van der Waals surface area contributed by atoms with Crippen molar-refractivity contribution < 1.29 is 14.6 Å². The van der Waals surface area contributed by atoms with E-state index in [0.29, 0.717) is 0 Å². The SMILES string of the molecule is C=C[C@H](O)[C@@H](C)COC(=O)C(C)(C)C. The second kappa shape index (κ2) is 5.15. The third kappa shape index (κ3) is 4.42. The lowest BCUT2D eigenvalue weighted by Crippen LogP contribution is -2.28. The Labute approximate surface area is 85.8 Å². The maximum Gasteiger partial charge on any atom is 0.311 e. The molecule has 0 bridgehead atoms. The molecule has 0 fully saturated rings. The van der Waals surface area contributed by atoms with Gasteiger partial charge in [-0.3, -0.25) is 4.79 Å². The van der Waals surface area contributed by atoms with Gasteiger partial charge in [-0.05, 0) is 20.8 Å². The minimum atomic E-state index is -0.622. The van der Waals surface area contributed by atoms with Gasteiger partial charge in [-0.25, -0.2) is 0 Å². The number of aliphatic hydroxyl groups is 1. The monoisotopic (exact) mass is 200 g/mol. The molecule has 0 aromatic carbocycles. The molecule has 82 valence electrons. The summed E-state index contributed by atoms with van der Waals surface area (Å²) < 4.78 is 5.04. The number of carbonyl (C=O) groups excluding carboxylic acids is 1. The quantitative estimate of drug-likeness (QED) is 0.555. The van der Waals surface area contributed by atoms with Crippen molar-refractivity contribution in [2.24, 2.45) is 11.3 Å². The molecule has 2 atom stereocenters. The van der Waals surface area contributed by atoms with E-state index in [1.807, 2.05) is 6.92 Å². The third-order valence-electron chi connectivity index (χ3n) is 1.91. The molecular formula is C11H20O3. The van der Waals surface area contributed by atoms with Gasteiger partial charge in [0.05, 0.1) is 18.1 Å². The summed E-state index contributed by atoms with van der Waals surface area (Å²) in [6.45, 7) is 10.9. The molecule has 0 aliphatic heterocycles. The van der Waals surface area contributed by atoms with E-state index >= 15 is 0 Å². The molecule has 3 nitrogen and oxygen atoms in total. The van der Waals surface area contributed by atoms with Crippen LogP contribution in [0, 0.1) is 11.3 Å². The highest BCUT2D eigenvalue weighted by atomic mass is 16.5. The average Bonchev–Trinajstić information content (AvgIpc) is 2.10. The van der Waals surface area contributed by atoms with Crippen LogP contribution in [0.15, 0.2) is 12.7 Å². The molecule has 0 saturated heterocycles. The molecule has 0 aromatic rings. The van der Waals surface area contributed by atoms with Gasteiger partial charge in [-0.1, -0.05) is 13.0 Å². The van der Waals surface area contributed by atoms with E-state index in [0.717, 1.165) is 0 Å². The summed E-state index contributed by atoms with van der Waals surface area (Å²) in [7, 11) is 0. The highest BCUT2D eigenvalue weighted by Gasteiger charge is 2.24. The summed E-state index contributed by atoms with van der Waals surface area (Å²) in [5, 5.41) is 9.33. The van der Waals surface area contributed by atoms with Crippen LogP contribution in [0.5, 0.6) is 0 Å². The Kier molecular flexibility index (Phi) is 4.85. The van der Waals surface area contributed by atoms with E-state index in [1.54, 1.807) is 20.8 Å². The van der Waals surface area contributed by atoms with Crippen LogP contribution < -0.4 is 0 Å². The van der Waals surface area contributed by atoms with Gasteiger partial charge in [0, 0.05) is 5.92 Å². The number of aliphatic hydroxyl groups excluding tert-OH is 1. The summed E-state index contributed by atoms with van der Waals surface area (Å²) in [6.07, 6.45) is 0.818. The fraction of sp³-hybridized carbons (Fsp3) is 0.727. The van der Waals surface area contributed by atoms with Gasteiger partial charge in [0.15, 0.2) is 0 Å². The second-order valence-corrected chi connectivity index (χ2v) is 4.55. The van der Waals surface area contributed by atoms with Crippen molar-refractivity contribution in [3.8, 4) is 0 Å². The smallest absolute Gasteiger partial charge is 0.311 e. The predicted octanol–water partition coefficient (Wildman–Crippen LogP) is 1.76. The van der Waals surface area contributed by atoms with E-state index < -0.39 is 11.5 Å². The van der Waals surface area contributed by atoms with E-state index in [9.17, 15) is 9.90 Å². The lowest BCUT2D eigenvalue weighted by molar-refractivity contribution is -0.154.